The lowest BCUT2D eigenvalue weighted by atomic mass is 10.0. The highest BCUT2D eigenvalue weighted by atomic mass is 16.5. The highest BCUT2D eigenvalue weighted by Crippen LogP contribution is 2.17. The van der Waals surface area contributed by atoms with E-state index >= 15 is 0 Å². The molecule has 2 unspecified atom stereocenters. The third-order valence-electron chi connectivity index (χ3n) is 6.30. The Hall–Kier alpha value is -3.41. The number of ether oxygens (including phenoxy) is 2. The molecule has 2 aromatic rings. The highest BCUT2D eigenvalue weighted by Gasteiger charge is 2.17. The zero-order valence-corrected chi connectivity index (χ0v) is 22.6. The lowest BCUT2D eigenvalue weighted by molar-refractivity contribution is -0.137. The van der Waals surface area contributed by atoms with Crippen molar-refractivity contribution in [2.45, 2.75) is 96.2 Å². The van der Waals surface area contributed by atoms with E-state index in [1.165, 1.54) is 19.3 Å². The summed E-state index contributed by atoms with van der Waals surface area (Å²) in [6.45, 7) is 2.19. The molecule has 6 heteroatoms. The molecule has 2 atom stereocenters. The summed E-state index contributed by atoms with van der Waals surface area (Å²) in [5.41, 5.74) is 0.968. The van der Waals surface area contributed by atoms with Crippen molar-refractivity contribution in [3.05, 3.63) is 83.9 Å². The molecule has 0 saturated heterocycles. The smallest absolute Gasteiger partial charge is 0.338 e. The third kappa shape index (κ3) is 13.2. The minimum Gasteiger partial charge on any atom is -0.481 e. The number of carboxylic acids is 1. The molecular formula is C32H42O6. The van der Waals surface area contributed by atoms with Crippen LogP contribution in [0, 0.1) is 0 Å². The highest BCUT2D eigenvalue weighted by molar-refractivity contribution is 5.90. The summed E-state index contributed by atoms with van der Waals surface area (Å²) in [5.74, 6) is -1.60. The fourth-order valence-corrected chi connectivity index (χ4v) is 4.12. The van der Waals surface area contributed by atoms with Gasteiger partial charge in [0.05, 0.1) is 11.1 Å². The Morgan fingerprint density at radius 3 is 1.53 bits per heavy atom. The van der Waals surface area contributed by atoms with Crippen molar-refractivity contribution in [1.82, 2.24) is 0 Å². The van der Waals surface area contributed by atoms with Crippen LogP contribution in [0.2, 0.25) is 0 Å². The molecule has 0 aromatic heterocycles. The lowest BCUT2D eigenvalue weighted by Crippen LogP contribution is -2.20. The summed E-state index contributed by atoms with van der Waals surface area (Å²) < 4.78 is 11.6. The van der Waals surface area contributed by atoms with Gasteiger partial charge in [-0.3, -0.25) is 4.79 Å². The van der Waals surface area contributed by atoms with Gasteiger partial charge >= 0.3 is 17.9 Å². The van der Waals surface area contributed by atoms with Gasteiger partial charge in [0, 0.05) is 6.42 Å². The number of carbonyl (C=O) groups is 3. The SMILES string of the molecule is CCCCCCCCC(/C=C/C(CCCCCC(=O)O)OC(=O)c1ccccc1)OC(=O)c1ccccc1. The van der Waals surface area contributed by atoms with E-state index in [2.05, 4.69) is 6.92 Å². The van der Waals surface area contributed by atoms with Gasteiger partial charge in [-0.15, -0.1) is 0 Å². The van der Waals surface area contributed by atoms with Crippen LogP contribution < -0.4 is 0 Å². The number of aliphatic carboxylic acids is 1. The summed E-state index contributed by atoms with van der Waals surface area (Å²) in [4.78, 5) is 36.3. The summed E-state index contributed by atoms with van der Waals surface area (Å²) in [6, 6.07) is 17.7. The topological polar surface area (TPSA) is 89.9 Å². The summed E-state index contributed by atoms with van der Waals surface area (Å²) in [7, 11) is 0. The van der Waals surface area contributed by atoms with Gasteiger partial charge < -0.3 is 14.6 Å². The Bertz CT molecular complexity index is 970. The number of unbranched alkanes of at least 4 members (excludes halogenated alkanes) is 7. The van der Waals surface area contributed by atoms with Crippen LogP contribution in [0.4, 0.5) is 0 Å². The van der Waals surface area contributed by atoms with Gasteiger partial charge in [-0.05, 0) is 68.5 Å². The standard InChI is InChI=1S/C32H42O6/c1-2-3-4-5-6-14-21-28(37-31(35)26-17-10-7-11-18-26)24-25-29(22-15-9-16-23-30(33)34)38-32(36)27-19-12-8-13-20-27/h7-8,10-13,17-20,24-25,28-29H,2-6,9,14-16,21-23H2,1H3,(H,33,34)/b25-24+. The van der Waals surface area contributed by atoms with Gasteiger partial charge in [0.15, 0.2) is 0 Å². The van der Waals surface area contributed by atoms with E-state index in [9.17, 15) is 14.4 Å². The molecule has 0 amide bonds. The molecule has 206 valence electrons. The molecule has 38 heavy (non-hydrogen) atoms. The molecule has 0 heterocycles. The zero-order valence-electron chi connectivity index (χ0n) is 22.6. The first kappa shape index (κ1) is 30.8. The summed E-state index contributed by atoms with van der Waals surface area (Å²) in [5, 5.41) is 8.88. The Balaban J connectivity index is 2.06. The van der Waals surface area contributed by atoms with Crippen LogP contribution in [0.1, 0.15) is 105 Å². The number of hydrogen-bond acceptors (Lipinski definition) is 5. The number of carbonyl (C=O) groups excluding carboxylic acids is 2. The van der Waals surface area contributed by atoms with E-state index in [0.29, 0.717) is 30.4 Å². The molecule has 0 spiro atoms. The first-order valence-electron chi connectivity index (χ1n) is 13.9. The summed E-state index contributed by atoms with van der Waals surface area (Å²) >= 11 is 0. The maximum Gasteiger partial charge on any atom is 0.338 e. The molecule has 0 saturated carbocycles. The minimum absolute atomic E-state index is 0.125. The maximum absolute atomic E-state index is 12.7. The minimum atomic E-state index is -0.810. The van der Waals surface area contributed by atoms with Crippen LogP contribution in [-0.2, 0) is 14.3 Å². The number of esters is 2. The molecular weight excluding hydrogens is 480 g/mol. The first-order valence-corrected chi connectivity index (χ1v) is 13.9. The monoisotopic (exact) mass is 522 g/mol. The van der Waals surface area contributed by atoms with Crippen molar-refractivity contribution in [1.29, 1.82) is 0 Å². The van der Waals surface area contributed by atoms with Crippen LogP contribution in [-0.4, -0.2) is 35.2 Å². The molecule has 0 fully saturated rings. The second-order valence-electron chi connectivity index (χ2n) is 9.55. The van der Waals surface area contributed by atoms with Gasteiger partial charge in [0.25, 0.3) is 0 Å². The van der Waals surface area contributed by atoms with E-state index in [4.69, 9.17) is 14.6 Å². The first-order chi connectivity index (χ1) is 18.5. The van der Waals surface area contributed by atoms with Crippen LogP contribution in [0.25, 0.3) is 0 Å². The predicted octanol–water partition coefficient (Wildman–Crippen LogP) is 7.78. The molecule has 0 radical (unpaired) electrons. The quantitative estimate of drug-likeness (QED) is 0.115. The maximum atomic E-state index is 12.7. The second-order valence-corrected chi connectivity index (χ2v) is 9.55. The molecule has 0 aliphatic carbocycles. The average molecular weight is 523 g/mol. The van der Waals surface area contributed by atoms with E-state index in [0.717, 1.165) is 32.1 Å². The number of rotatable bonds is 19. The number of benzene rings is 2. The molecule has 0 aliphatic heterocycles. The second kappa shape index (κ2) is 18.8. The van der Waals surface area contributed by atoms with Crippen molar-refractivity contribution in [3.63, 3.8) is 0 Å². The Morgan fingerprint density at radius 1 is 0.658 bits per heavy atom. The zero-order chi connectivity index (χ0) is 27.4. The molecule has 1 N–H and O–H groups in total. The fourth-order valence-electron chi connectivity index (χ4n) is 4.12. The third-order valence-corrected chi connectivity index (χ3v) is 6.30. The Labute approximate surface area is 227 Å². The van der Waals surface area contributed by atoms with E-state index < -0.39 is 24.1 Å². The fraction of sp³-hybridized carbons (Fsp3) is 0.469. The van der Waals surface area contributed by atoms with Crippen molar-refractivity contribution in [2.75, 3.05) is 0 Å². The lowest BCUT2D eigenvalue weighted by Gasteiger charge is -2.18. The Kier molecular flexibility index (Phi) is 15.2. The van der Waals surface area contributed by atoms with Crippen LogP contribution in [0.5, 0.6) is 0 Å². The normalized spacial score (nSPS) is 12.7. The number of hydrogen-bond donors (Lipinski definition) is 1. The van der Waals surface area contributed by atoms with Gasteiger partial charge in [-0.2, -0.15) is 0 Å². The predicted molar refractivity (Wildman–Crippen MR) is 149 cm³/mol. The van der Waals surface area contributed by atoms with Gasteiger partial charge in [-0.25, -0.2) is 9.59 Å². The van der Waals surface area contributed by atoms with E-state index in [1.54, 1.807) is 48.5 Å². The van der Waals surface area contributed by atoms with Gasteiger partial charge in [0.1, 0.15) is 12.2 Å². The van der Waals surface area contributed by atoms with Crippen molar-refractivity contribution >= 4 is 17.9 Å². The van der Waals surface area contributed by atoms with Crippen LogP contribution in [0.3, 0.4) is 0 Å². The van der Waals surface area contributed by atoms with Crippen molar-refractivity contribution < 1.29 is 29.0 Å². The summed E-state index contributed by atoms with van der Waals surface area (Å²) in [6.07, 6.45) is 12.9. The largest absolute Gasteiger partial charge is 0.481 e. The molecule has 0 bridgehead atoms. The Morgan fingerprint density at radius 2 is 1.08 bits per heavy atom. The van der Waals surface area contributed by atoms with E-state index in [1.807, 2.05) is 24.3 Å². The van der Waals surface area contributed by atoms with Gasteiger partial charge in [-0.1, -0.05) is 81.8 Å². The van der Waals surface area contributed by atoms with Crippen molar-refractivity contribution in [2.24, 2.45) is 0 Å². The molecule has 2 rings (SSSR count). The molecule has 0 aliphatic rings. The molecule has 2 aromatic carbocycles. The van der Waals surface area contributed by atoms with Gasteiger partial charge in [0.2, 0.25) is 0 Å². The van der Waals surface area contributed by atoms with Crippen molar-refractivity contribution in [3.8, 4) is 0 Å². The average Bonchev–Trinajstić information content (AvgIpc) is 2.93. The number of carboxylic acid groups (broad SMARTS) is 1. The van der Waals surface area contributed by atoms with E-state index in [-0.39, 0.29) is 12.4 Å². The molecule has 6 nitrogen and oxygen atoms in total. The van der Waals surface area contributed by atoms with Crippen LogP contribution >= 0.6 is 0 Å². The van der Waals surface area contributed by atoms with Crippen LogP contribution in [0.15, 0.2) is 72.8 Å².